The van der Waals surface area contributed by atoms with Gasteiger partial charge in [-0.25, -0.2) is 0 Å². The number of rotatable bonds is 6. The molecule has 0 amide bonds. The predicted octanol–water partition coefficient (Wildman–Crippen LogP) is 5.34. The summed E-state index contributed by atoms with van der Waals surface area (Å²) in [6.07, 6.45) is 3.62. The number of furan rings is 1. The van der Waals surface area contributed by atoms with Gasteiger partial charge in [0.2, 0.25) is 0 Å². The van der Waals surface area contributed by atoms with E-state index in [1.165, 1.54) is 18.4 Å². The first-order valence-electron chi connectivity index (χ1n) is 7.35. The summed E-state index contributed by atoms with van der Waals surface area (Å²) in [5, 5.41) is 4.61. The van der Waals surface area contributed by atoms with Crippen molar-refractivity contribution in [2.75, 3.05) is 13.7 Å². The highest BCUT2D eigenvalue weighted by Gasteiger charge is 2.33. The molecule has 1 saturated carbocycles. The summed E-state index contributed by atoms with van der Waals surface area (Å²) in [5.74, 6) is 2.53. The molecule has 1 aliphatic rings. The summed E-state index contributed by atoms with van der Waals surface area (Å²) in [6.45, 7) is 3.97. The van der Waals surface area contributed by atoms with Gasteiger partial charge in [-0.3, -0.25) is 0 Å². The van der Waals surface area contributed by atoms with Crippen molar-refractivity contribution in [3.63, 3.8) is 0 Å². The Labute approximate surface area is 141 Å². The molecule has 1 heterocycles. The average Bonchev–Trinajstić information content (AvgIpc) is 3.24. The number of halogens is 2. The molecular formula is C16H19Br2NO2. The Bertz CT molecular complexity index is 662. The Morgan fingerprint density at radius 1 is 1.38 bits per heavy atom. The van der Waals surface area contributed by atoms with Gasteiger partial charge >= 0.3 is 0 Å². The molecule has 1 fully saturated rings. The van der Waals surface area contributed by atoms with Crippen LogP contribution in [0.4, 0.5) is 0 Å². The first kappa shape index (κ1) is 15.4. The maximum atomic E-state index is 6.16. The smallest absolute Gasteiger partial charge is 0.150 e. The maximum absolute atomic E-state index is 6.16. The van der Waals surface area contributed by atoms with E-state index in [-0.39, 0.29) is 0 Å². The number of ether oxygens (including phenoxy) is 1. The van der Waals surface area contributed by atoms with Crippen LogP contribution in [-0.2, 0) is 6.54 Å². The van der Waals surface area contributed by atoms with E-state index in [0.717, 1.165) is 50.9 Å². The van der Waals surface area contributed by atoms with Crippen LogP contribution in [0, 0.1) is 0 Å². The highest BCUT2D eigenvalue weighted by atomic mass is 79.9. The Morgan fingerprint density at radius 3 is 2.76 bits per heavy atom. The number of benzene rings is 1. The fraction of sp³-hybridized carbons (Fsp3) is 0.500. The molecule has 2 aromatic rings. The molecule has 1 aromatic carbocycles. The van der Waals surface area contributed by atoms with Crippen molar-refractivity contribution in [3.8, 4) is 5.75 Å². The van der Waals surface area contributed by atoms with E-state index in [2.05, 4.69) is 44.1 Å². The van der Waals surface area contributed by atoms with Crippen molar-refractivity contribution in [1.82, 2.24) is 5.32 Å². The third kappa shape index (κ3) is 2.88. The number of fused-ring (bicyclic) bond motifs is 1. The van der Waals surface area contributed by atoms with Gasteiger partial charge in [0.1, 0.15) is 17.1 Å². The summed E-state index contributed by atoms with van der Waals surface area (Å²) in [4.78, 5) is 0. The van der Waals surface area contributed by atoms with Gasteiger partial charge in [0.15, 0.2) is 0 Å². The Hall–Kier alpha value is -0.520. The van der Waals surface area contributed by atoms with Crippen molar-refractivity contribution in [3.05, 3.63) is 26.3 Å². The molecule has 0 radical (unpaired) electrons. The zero-order chi connectivity index (χ0) is 15.0. The molecule has 0 aliphatic heterocycles. The second-order valence-corrected chi connectivity index (χ2v) is 7.12. The van der Waals surface area contributed by atoms with E-state index in [1.54, 1.807) is 7.11 Å². The normalized spacial score (nSPS) is 14.9. The van der Waals surface area contributed by atoms with E-state index in [4.69, 9.17) is 9.15 Å². The van der Waals surface area contributed by atoms with Gasteiger partial charge in [0.25, 0.3) is 0 Å². The lowest BCUT2D eigenvalue weighted by Crippen LogP contribution is -2.14. The summed E-state index contributed by atoms with van der Waals surface area (Å²) in [7, 11) is 1.69. The lowest BCUT2D eigenvalue weighted by atomic mass is 10.1. The molecule has 3 rings (SSSR count). The molecule has 0 bridgehead atoms. The molecule has 114 valence electrons. The fourth-order valence-electron chi connectivity index (χ4n) is 2.71. The van der Waals surface area contributed by atoms with Gasteiger partial charge in [0, 0.05) is 10.9 Å². The van der Waals surface area contributed by atoms with E-state index < -0.39 is 0 Å². The first-order chi connectivity index (χ1) is 10.2. The zero-order valence-corrected chi connectivity index (χ0v) is 15.4. The second kappa shape index (κ2) is 6.31. The molecular weight excluding hydrogens is 398 g/mol. The summed E-state index contributed by atoms with van der Waals surface area (Å²) in [5.41, 5.74) is 2.26. The Balaban J connectivity index is 2.13. The van der Waals surface area contributed by atoms with Crippen molar-refractivity contribution < 1.29 is 9.15 Å². The van der Waals surface area contributed by atoms with Crippen molar-refractivity contribution in [2.45, 2.75) is 38.6 Å². The van der Waals surface area contributed by atoms with Gasteiger partial charge in [0.05, 0.1) is 22.6 Å². The molecule has 5 heteroatoms. The van der Waals surface area contributed by atoms with Crippen LogP contribution in [0.25, 0.3) is 11.0 Å². The van der Waals surface area contributed by atoms with Crippen LogP contribution >= 0.6 is 31.9 Å². The van der Waals surface area contributed by atoms with Crippen LogP contribution in [0.1, 0.15) is 43.4 Å². The summed E-state index contributed by atoms with van der Waals surface area (Å²) >= 11 is 7.30. The average molecular weight is 417 g/mol. The Morgan fingerprint density at radius 2 is 2.14 bits per heavy atom. The van der Waals surface area contributed by atoms with Gasteiger partial charge in [-0.15, -0.1) is 0 Å². The van der Waals surface area contributed by atoms with Gasteiger partial charge in [-0.05, 0) is 69.7 Å². The zero-order valence-electron chi connectivity index (χ0n) is 12.3. The van der Waals surface area contributed by atoms with Gasteiger partial charge < -0.3 is 14.5 Å². The topological polar surface area (TPSA) is 34.4 Å². The predicted molar refractivity (Wildman–Crippen MR) is 92.1 cm³/mol. The van der Waals surface area contributed by atoms with Crippen LogP contribution in [0.3, 0.4) is 0 Å². The molecule has 0 atom stereocenters. The Kier molecular flexibility index (Phi) is 4.62. The van der Waals surface area contributed by atoms with Crippen LogP contribution in [0.5, 0.6) is 5.75 Å². The van der Waals surface area contributed by atoms with E-state index in [9.17, 15) is 0 Å². The molecule has 21 heavy (non-hydrogen) atoms. The van der Waals surface area contributed by atoms with E-state index in [1.807, 2.05) is 6.07 Å². The summed E-state index contributed by atoms with van der Waals surface area (Å²) in [6, 6.07) is 1.95. The third-order valence-corrected chi connectivity index (χ3v) is 5.23. The lowest BCUT2D eigenvalue weighted by molar-refractivity contribution is 0.412. The van der Waals surface area contributed by atoms with E-state index >= 15 is 0 Å². The monoisotopic (exact) mass is 415 g/mol. The fourth-order valence-corrected chi connectivity index (χ4v) is 3.86. The number of methoxy groups -OCH3 is 1. The third-order valence-electron chi connectivity index (χ3n) is 3.85. The molecule has 1 N–H and O–H groups in total. The molecule has 3 nitrogen and oxygen atoms in total. The van der Waals surface area contributed by atoms with E-state index in [0.29, 0.717) is 5.92 Å². The second-order valence-electron chi connectivity index (χ2n) is 5.47. The number of nitrogens with one attached hydrogen (secondary N) is 1. The SMILES string of the molecule is CCCNCc1oc2c(Br)cc(OC)c(Br)c2c1C1CC1. The highest BCUT2D eigenvalue weighted by Crippen LogP contribution is 2.51. The number of hydrogen-bond acceptors (Lipinski definition) is 3. The van der Waals surface area contributed by atoms with Crippen molar-refractivity contribution >= 4 is 42.8 Å². The van der Waals surface area contributed by atoms with Crippen LogP contribution in [-0.4, -0.2) is 13.7 Å². The molecule has 1 aliphatic carbocycles. The quantitative estimate of drug-likeness (QED) is 0.645. The molecule has 0 saturated heterocycles. The van der Waals surface area contributed by atoms with Crippen LogP contribution < -0.4 is 10.1 Å². The molecule has 1 aromatic heterocycles. The van der Waals surface area contributed by atoms with Crippen molar-refractivity contribution in [1.29, 1.82) is 0 Å². The number of hydrogen-bond donors (Lipinski definition) is 1. The minimum Gasteiger partial charge on any atom is -0.496 e. The largest absolute Gasteiger partial charge is 0.496 e. The minimum absolute atomic E-state index is 0.625. The van der Waals surface area contributed by atoms with Crippen LogP contribution in [0.15, 0.2) is 19.4 Å². The van der Waals surface area contributed by atoms with Crippen molar-refractivity contribution in [2.24, 2.45) is 0 Å². The van der Waals surface area contributed by atoms with Crippen LogP contribution in [0.2, 0.25) is 0 Å². The van der Waals surface area contributed by atoms with Gasteiger partial charge in [-0.1, -0.05) is 6.92 Å². The van der Waals surface area contributed by atoms with Gasteiger partial charge in [-0.2, -0.15) is 0 Å². The molecule has 0 unspecified atom stereocenters. The first-order valence-corrected chi connectivity index (χ1v) is 8.93. The molecule has 0 spiro atoms. The maximum Gasteiger partial charge on any atom is 0.150 e. The minimum atomic E-state index is 0.625. The highest BCUT2D eigenvalue weighted by molar-refractivity contribution is 9.11. The lowest BCUT2D eigenvalue weighted by Gasteiger charge is -2.07. The summed E-state index contributed by atoms with van der Waals surface area (Å²) < 4.78 is 13.6. The standard InChI is InChI=1S/C16H19Br2NO2/c1-3-6-19-8-12-13(9-4-5-9)14-15(18)11(20-2)7-10(17)16(14)21-12/h7,9,19H,3-6,8H2,1-2H3.